The summed E-state index contributed by atoms with van der Waals surface area (Å²) in [6, 6.07) is 7.17. The lowest BCUT2D eigenvalue weighted by Crippen LogP contribution is -2.21. The fourth-order valence-corrected chi connectivity index (χ4v) is 2.18. The molecule has 0 amide bonds. The summed E-state index contributed by atoms with van der Waals surface area (Å²) in [6.45, 7) is 1.28. The highest BCUT2D eigenvalue weighted by Crippen LogP contribution is 2.21. The zero-order valence-electron chi connectivity index (χ0n) is 8.35. The van der Waals surface area contributed by atoms with E-state index in [1.54, 1.807) is 18.2 Å². The van der Waals surface area contributed by atoms with Crippen LogP contribution in [0.5, 0.6) is 0 Å². The fraction of sp³-hybridized carbons (Fsp3) is 0.200. The molecule has 1 aromatic carbocycles. The number of carbonyl (C=O) groups excluding carboxylic acids is 1. The van der Waals surface area contributed by atoms with Crippen LogP contribution in [0.15, 0.2) is 33.9 Å². The highest BCUT2D eigenvalue weighted by molar-refractivity contribution is 9.10. The molecule has 1 N–H and O–H groups in total. The molecule has 0 fully saturated rings. The number of alkyl halides is 1. The Balaban J connectivity index is 3.00. The van der Waals surface area contributed by atoms with E-state index in [9.17, 15) is 4.79 Å². The molecule has 1 rings (SSSR count). The van der Waals surface area contributed by atoms with Gasteiger partial charge in [0.1, 0.15) is 5.71 Å². The normalized spacial score (nSPS) is 13.3. The molecule has 0 aromatic heterocycles. The highest BCUT2D eigenvalue weighted by Gasteiger charge is 2.20. The molecule has 0 spiro atoms. The molecule has 16 heavy (non-hydrogen) atoms. The summed E-state index contributed by atoms with van der Waals surface area (Å²) in [6.07, 6.45) is 0. The summed E-state index contributed by atoms with van der Waals surface area (Å²) < 4.78 is 5.63. The van der Waals surface area contributed by atoms with Crippen molar-refractivity contribution >= 4 is 43.5 Å². The number of ether oxygens (including phenoxy) is 1. The third kappa shape index (κ3) is 3.31. The second kappa shape index (κ2) is 6.00. The molecule has 0 aliphatic heterocycles. The first-order valence-electron chi connectivity index (χ1n) is 4.34. The predicted molar refractivity (Wildman–Crippen MR) is 66.9 cm³/mol. The smallest absolute Gasteiger partial charge is 0.304 e. The minimum Gasteiger partial charge on any atom is -0.444 e. The molecule has 0 saturated heterocycles. The van der Waals surface area contributed by atoms with Crippen LogP contribution in [0.1, 0.15) is 12.5 Å². The van der Waals surface area contributed by atoms with Gasteiger partial charge in [-0.1, -0.05) is 39.3 Å². The zero-order valence-corrected chi connectivity index (χ0v) is 11.5. The second-order valence-electron chi connectivity index (χ2n) is 2.89. The van der Waals surface area contributed by atoms with Gasteiger partial charge in [0.05, 0.1) is 0 Å². The number of oxime groups is 1. The Morgan fingerprint density at radius 3 is 2.62 bits per heavy atom. The maximum atomic E-state index is 10.8. The summed E-state index contributed by atoms with van der Waals surface area (Å²) >= 11 is 6.44. The molecule has 4 nitrogen and oxygen atoms in total. The molecule has 86 valence electrons. The average Bonchev–Trinajstić information content (AvgIpc) is 2.20. The van der Waals surface area contributed by atoms with Crippen molar-refractivity contribution in [2.45, 2.75) is 11.9 Å². The molecule has 0 bridgehead atoms. The number of benzene rings is 1. The van der Waals surface area contributed by atoms with E-state index in [2.05, 4.69) is 37.0 Å². The Hall–Kier alpha value is -0.880. The van der Waals surface area contributed by atoms with Gasteiger partial charge in [0.2, 0.25) is 5.01 Å². The number of carbonyl (C=O) groups is 1. The third-order valence-electron chi connectivity index (χ3n) is 1.74. The van der Waals surface area contributed by atoms with Gasteiger partial charge < -0.3 is 9.94 Å². The summed E-state index contributed by atoms with van der Waals surface area (Å²) in [5.41, 5.74) is 0.871. The van der Waals surface area contributed by atoms with Crippen LogP contribution in [-0.4, -0.2) is 21.9 Å². The maximum absolute atomic E-state index is 10.8. The number of halogens is 2. The van der Waals surface area contributed by atoms with E-state index in [1.807, 2.05) is 6.07 Å². The molecule has 0 saturated carbocycles. The van der Waals surface area contributed by atoms with Gasteiger partial charge >= 0.3 is 5.97 Å². The summed E-state index contributed by atoms with van der Waals surface area (Å²) in [7, 11) is 0. The van der Waals surface area contributed by atoms with Crippen molar-refractivity contribution in [3.05, 3.63) is 34.3 Å². The number of hydrogen-bond donors (Lipinski definition) is 1. The van der Waals surface area contributed by atoms with Crippen LogP contribution in [0.3, 0.4) is 0 Å². The van der Waals surface area contributed by atoms with Crippen LogP contribution in [0.4, 0.5) is 0 Å². The van der Waals surface area contributed by atoms with Crippen molar-refractivity contribution in [3.8, 4) is 0 Å². The standard InChI is InChI=1S/C10H9Br2NO3/c1-6(14)16-10(12)9(13-15)7-4-2-3-5-8(7)11/h2-5,10,15H,1H3/b13-9-. The van der Waals surface area contributed by atoms with Crippen LogP contribution < -0.4 is 0 Å². The number of rotatable bonds is 3. The SMILES string of the molecule is CC(=O)OC(Br)/C(=N\O)c1ccccc1Br. The third-order valence-corrected chi connectivity index (χ3v) is 3.05. The lowest BCUT2D eigenvalue weighted by molar-refractivity contribution is -0.140. The van der Waals surface area contributed by atoms with Gasteiger partial charge in [0.25, 0.3) is 0 Å². The van der Waals surface area contributed by atoms with Gasteiger partial charge in [0, 0.05) is 17.0 Å². The van der Waals surface area contributed by atoms with E-state index >= 15 is 0 Å². The summed E-state index contributed by atoms with van der Waals surface area (Å²) in [5.74, 6) is -0.463. The first-order chi connectivity index (χ1) is 7.56. The van der Waals surface area contributed by atoms with Gasteiger partial charge in [0.15, 0.2) is 0 Å². The van der Waals surface area contributed by atoms with Crippen molar-refractivity contribution < 1.29 is 14.7 Å². The number of hydrogen-bond acceptors (Lipinski definition) is 4. The Bertz CT molecular complexity index is 420. The Labute approximate surface area is 110 Å². The first kappa shape index (κ1) is 13.2. The van der Waals surface area contributed by atoms with E-state index in [0.29, 0.717) is 5.56 Å². The minimum atomic E-state index is -0.784. The van der Waals surface area contributed by atoms with Gasteiger partial charge in [-0.2, -0.15) is 0 Å². The van der Waals surface area contributed by atoms with Gasteiger partial charge in [-0.15, -0.1) is 0 Å². The molecule has 1 atom stereocenters. The predicted octanol–water partition coefficient (Wildman–Crippen LogP) is 2.91. The van der Waals surface area contributed by atoms with Crippen molar-refractivity contribution in [1.82, 2.24) is 0 Å². The van der Waals surface area contributed by atoms with Crippen molar-refractivity contribution in [1.29, 1.82) is 0 Å². The van der Waals surface area contributed by atoms with Crippen molar-refractivity contribution in [2.24, 2.45) is 5.16 Å². The molecule has 0 heterocycles. The number of nitrogens with zero attached hydrogens (tertiary/aromatic N) is 1. The molecule has 1 aromatic rings. The Kier molecular flexibility index (Phi) is 4.95. The average molecular weight is 351 g/mol. The second-order valence-corrected chi connectivity index (χ2v) is 4.58. The molecular weight excluding hydrogens is 342 g/mol. The van der Waals surface area contributed by atoms with Crippen molar-refractivity contribution in [3.63, 3.8) is 0 Å². The molecule has 0 radical (unpaired) electrons. The van der Waals surface area contributed by atoms with E-state index in [0.717, 1.165) is 4.47 Å². The quantitative estimate of drug-likeness (QED) is 0.300. The fourth-order valence-electron chi connectivity index (χ4n) is 1.09. The van der Waals surface area contributed by atoms with Gasteiger partial charge in [-0.25, -0.2) is 0 Å². The Morgan fingerprint density at radius 1 is 1.50 bits per heavy atom. The summed E-state index contributed by atoms with van der Waals surface area (Å²) in [4.78, 5) is 10.8. The highest BCUT2D eigenvalue weighted by atomic mass is 79.9. The van der Waals surface area contributed by atoms with Crippen LogP contribution >= 0.6 is 31.9 Å². The minimum absolute atomic E-state index is 0.225. The van der Waals surface area contributed by atoms with Crippen LogP contribution in [0, 0.1) is 0 Å². The van der Waals surface area contributed by atoms with Crippen LogP contribution in [0.25, 0.3) is 0 Å². The topological polar surface area (TPSA) is 58.9 Å². The first-order valence-corrected chi connectivity index (χ1v) is 6.05. The molecular formula is C10H9Br2NO3. The van der Waals surface area contributed by atoms with Gasteiger partial charge in [-0.05, 0) is 22.0 Å². The lowest BCUT2D eigenvalue weighted by Gasteiger charge is -2.12. The van der Waals surface area contributed by atoms with E-state index < -0.39 is 11.0 Å². The zero-order chi connectivity index (χ0) is 12.1. The van der Waals surface area contributed by atoms with E-state index in [1.165, 1.54) is 6.92 Å². The van der Waals surface area contributed by atoms with E-state index in [-0.39, 0.29) is 5.71 Å². The lowest BCUT2D eigenvalue weighted by atomic mass is 10.1. The van der Waals surface area contributed by atoms with Crippen LogP contribution in [-0.2, 0) is 9.53 Å². The summed E-state index contributed by atoms with van der Waals surface area (Å²) in [5, 5.41) is 11.3. The Morgan fingerprint density at radius 2 is 2.12 bits per heavy atom. The molecule has 6 heteroatoms. The van der Waals surface area contributed by atoms with E-state index in [4.69, 9.17) is 9.94 Å². The number of esters is 1. The van der Waals surface area contributed by atoms with Crippen molar-refractivity contribution in [2.75, 3.05) is 0 Å². The van der Waals surface area contributed by atoms with Gasteiger partial charge in [-0.3, -0.25) is 4.79 Å². The molecule has 1 unspecified atom stereocenters. The maximum Gasteiger partial charge on any atom is 0.304 e. The van der Waals surface area contributed by atoms with Crippen LogP contribution in [0.2, 0.25) is 0 Å². The molecule has 0 aliphatic carbocycles. The monoisotopic (exact) mass is 349 g/mol. The molecule has 0 aliphatic rings. The largest absolute Gasteiger partial charge is 0.444 e.